The second kappa shape index (κ2) is 3.92. The van der Waals surface area contributed by atoms with Crippen LogP contribution in [0.3, 0.4) is 0 Å². The quantitative estimate of drug-likeness (QED) is 0.630. The van der Waals surface area contributed by atoms with Gasteiger partial charge in [0.15, 0.2) is 6.29 Å². The Bertz CT molecular complexity index is 131. The normalized spacial score (nSPS) is 45.8. The van der Waals surface area contributed by atoms with Crippen LogP contribution in [0, 0.1) is 0 Å². The standard InChI is InChI=1S/C6H10Cl2O3/c1-10-6-5(9)4(8)3(7)2-11-6/h3-6,9H,2H2,1H3/t3-,4-,5+,6+/m0/s1. The molecule has 1 rings (SSSR count). The largest absolute Gasteiger partial charge is 0.386 e. The van der Waals surface area contributed by atoms with Crippen LogP contribution in [0.1, 0.15) is 0 Å². The van der Waals surface area contributed by atoms with Gasteiger partial charge in [0.05, 0.1) is 17.4 Å². The molecule has 1 N–H and O–H groups in total. The van der Waals surface area contributed by atoms with Crippen LogP contribution >= 0.6 is 23.2 Å². The fourth-order valence-electron chi connectivity index (χ4n) is 0.949. The molecule has 66 valence electrons. The molecule has 11 heavy (non-hydrogen) atoms. The maximum absolute atomic E-state index is 9.34. The first-order chi connectivity index (χ1) is 5.16. The van der Waals surface area contributed by atoms with Crippen LogP contribution in [0.4, 0.5) is 0 Å². The Hall–Kier alpha value is 0.460. The maximum Gasteiger partial charge on any atom is 0.184 e. The van der Waals surface area contributed by atoms with E-state index >= 15 is 0 Å². The Morgan fingerprint density at radius 2 is 2.18 bits per heavy atom. The van der Waals surface area contributed by atoms with Crippen LogP contribution < -0.4 is 0 Å². The van der Waals surface area contributed by atoms with E-state index in [-0.39, 0.29) is 5.38 Å². The molecule has 0 aliphatic carbocycles. The second-order valence-electron chi connectivity index (χ2n) is 2.39. The summed E-state index contributed by atoms with van der Waals surface area (Å²) in [6.07, 6.45) is -1.49. The number of ether oxygens (including phenoxy) is 2. The van der Waals surface area contributed by atoms with Crippen molar-refractivity contribution in [1.29, 1.82) is 0 Å². The summed E-state index contributed by atoms with van der Waals surface area (Å²) in [5.74, 6) is 0. The average molecular weight is 201 g/mol. The molecule has 0 aromatic carbocycles. The first kappa shape index (κ1) is 9.55. The fraction of sp³-hybridized carbons (Fsp3) is 1.00. The van der Waals surface area contributed by atoms with Crippen molar-refractivity contribution in [3.05, 3.63) is 0 Å². The lowest BCUT2D eigenvalue weighted by atomic mass is 10.1. The summed E-state index contributed by atoms with van der Waals surface area (Å²) in [6, 6.07) is 0. The third-order valence-corrected chi connectivity index (χ3v) is 2.69. The van der Waals surface area contributed by atoms with Crippen molar-refractivity contribution in [3.63, 3.8) is 0 Å². The van der Waals surface area contributed by atoms with Crippen molar-refractivity contribution in [1.82, 2.24) is 0 Å². The van der Waals surface area contributed by atoms with E-state index in [9.17, 15) is 5.11 Å². The zero-order chi connectivity index (χ0) is 8.43. The molecule has 1 aliphatic rings. The van der Waals surface area contributed by atoms with E-state index in [1.807, 2.05) is 0 Å². The summed E-state index contributed by atoms with van der Waals surface area (Å²) in [4.78, 5) is 0. The molecule has 0 spiro atoms. The van der Waals surface area contributed by atoms with Gasteiger partial charge in [0.25, 0.3) is 0 Å². The Labute approximate surface area is 75.2 Å². The number of halogens is 2. The van der Waals surface area contributed by atoms with Crippen LogP contribution in [-0.2, 0) is 9.47 Å². The number of alkyl halides is 2. The van der Waals surface area contributed by atoms with Crippen molar-refractivity contribution in [2.75, 3.05) is 13.7 Å². The van der Waals surface area contributed by atoms with E-state index in [4.69, 9.17) is 32.7 Å². The van der Waals surface area contributed by atoms with Gasteiger partial charge in [0.1, 0.15) is 6.10 Å². The first-order valence-corrected chi connectivity index (χ1v) is 4.14. The molecular formula is C6H10Cl2O3. The van der Waals surface area contributed by atoms with Gasteiger partial charge in [-0.05, 0) is 0 Å². The minimum Gasteiger partial charge on any atom is -0.386 e. The van der Waals surface area contributed by atoms with Gasteiger partial charge in [-0.25, -0.2) is 0 Å². The molecule has 4 atom stereocenters. The van der Waals surface area contributed by atoms with Crippen molar-refractivity contribution in [3.8, 4) is 0 Å². The van der Waals surface area contributed by atoms with Crippen LogP contribution in [0.15, 0.2) is 0 Å². The minimum absolute atomic E-state index is 0.311. The van der Waals surface area contributed by atoms with E-state index < -0.39 is 17.8 Å². The van der Waals surface area contributed by atoms with Gasteiger partial charge in [-0.15, -0.1) is 23.2 Å². The number of methoxy groups -OCH3 is 1. The maximum atomic E-state index is 9.34. The summed E-state index contributed by atoms with van der Waals surface area (Å²) in [5, 5.41) is 8.49. The molecule has 0 unspecified atom stereocenters. The zero-order valence-corrected chi connectivity index (χ0v) is 7.55. The van der Waals surface area contributed by atoms with Crippen LogP contribution in [0.2, 0.25) is 0 Å². The van der Waals surface area contributed by atoms with Gasteiger partial charge in [0.2, 0.25) is 0 Å². The highest BCUT2D eigenvalue weighted by atomic mass is 35.5. The number of hydrogen-bond acceptors (Lipinski definition) is 3. The number of aliphatic hydroxyl groups excluding tert-OH is 1. The summed E-state index contributed by atoms with van der Waals surface area (Å²) in [5.41, 5.74) is 0. The Morgan fingerprint density at radius 1 is 1.55 bits per heavy atom. The lowest BCUT2D eigenvalue weighted by molar-refractivity contribution is -0.198. The van der Waals surface area contributed by atoms with Gasteiger partial charge in [0, 0.05) is 7.11 Å². The summed E-state index contributed by atoms with van der Waals surface area (Å²) in [7, 11) is 1.45. The van der Waals surface area contributed by atoms with Gasteiger partial charge in [-0.2, -0.15) is 0 Å². The van der Waals surface area contributed by atoms with Gasteiger partial charge < -0.3 is 14.6 Å². The first-order valence-electron chi connectivity index (χ1n) is 3.27. The molecule has 0 bridgehead atoms. The topological polar surface area (TPSA) is 38.7 Å². The molecule has 0 aromatic heterocycles. The highest BCUT2D eigenvalue weighted by Gasteiger charge is 2.37. The highest BCUT2D eigenvalue weighted by molar-refractivity contribution is 6.30. The molecule has 0 saturated carbocycles. The molecule has 3 nitrogen and oxygen atoms in total. The molecule has 1 heterocycles. The van der Waals surface area contributed by atoms with Crippen molar-refractivity contribution in [2.24, 2.45) is 0 Å². The van der Waals surface area contributed by atoms with Crippen molar-refractivity contribution >= 4 is 23.2 Å². The number of hydrogen-bond donors (Lipinski definition) is 1. The molecule has 0 aromatic rings. The van der Waals surface area contributed by atoms with Gasteiger partial charge in [-0.3, -0.25) is 0 Å². The van der Waals surface area contributed by atoms with Crippen LogP contribution in [0.5, 0.6) is 0 Å². The lowest BCUT2D eigenvalue weighted by Crippen LogP contribution is -2.48. The minimum atomic E-state index is -0.849. The smallest absolute Gasteiger partial charge is 0.184 e. The van der Waals surface area contributed by atoms with Crippen LogP contribution in [-0.4, -0.2) is 42.0 Å². The molecule has 0 radical (unpaired) electrons. The van der Waals surface area contributed by atoms with E-state index in [1.54, 1.807) is 0 Å². The molecule has 0 amide bonds. The third kappa shape index (κ3) is 1.98. The van der Waals surface area contributed by atoms with E-state index in [0.717, 1.165) is 0 Å². The monoisotopic (exact) mass is 200 g/mol. The molecule has 1 saturated heterocycles. The van der Waals surface area contributed by atoms with Crippen molar-refractivity contribution < 1.29 is 14.6 Å². The van der Waals surface area contributed by atoms with Gasteiger partial charge in [-0.1, -0.05) is 0 Å². The fourth-order valence-corrected chi connectivity index (χ4v) is 1.36. The Morgan fingerprint density at radius 3 is 2.73 bits per heavy atom. The molecule has 1 fully saturated rings. The van der Waals surface area contributed by atoms with Crippen molar-refractivity contribution in [2.45, 2.75) is 23.1 Å². The Kier molecular flexibility index (Phi) is 3.40. The van der Waals surface area contributed by atoms with E-state index in [2.05, 4.69) is 0 Å². The highest BCUT2D eigenvalue weighted by Crippen LogP contribution is 2.24. The predicted octanol–water partition coefficient (Wildman–Crippen LogP) is 0.565. The third-order valence-electron chi connectivity index (χ3n) is 1.60. The zero-order valence-electron chi connectivity index (χ0n) is 6.04. The van der Waals surface area contributed by atoms with E-state index in [1.165, 1.54) is 7.11 Å². The Balaban J connectivity index is 2.52. The van der Waals surface area contributed by atoms with Gasteiger partial charge >= 0.3 is 0 Å². The average Bonchev–Trinajstić information content (AvgIpc) is 2.01. The van der Waals surface area contributed by atoms with Crippen LogP contribution in [0.25, 0.3) is 0 Å². The van der Waals surface area contributed by atoms with E-state index in [0.29, 0.717) is 6.61 Å². The molecule has 5 heteroatoms. The lowest BCUT2D eigenvalue weighted by Gasteiger charge is -2.33. The number of aliphatic hydroxyl groups is 1. The summed E-state index contributed by atoms with van der Waals surface area (Å²) < 4.78 is 9.84. The second-order valence-corrected chi connectivity index (χ2v) is 3.45. The predicted molar refractivity (Wildman–Crippen MR) is 42.0 cm³/mol. The summed E-state index contributed by atoms with van der Waals surface area (Å²) >= 11 is 11.5. The molecule has 1 aliphatic heterocycles. The molecular weight excluding hydrogens is 191 g/mol. The number of rotatable bonds is 1. The SMILES string of the molecule is CO[C@@H]1OC[C@H](Cl)[C@H](Cl)[C@H]1O. The summed E-state index contributed by atoms with van der Waals surface area (Å²) in [6.45, 7) is 0.311.